The number of amides is 1. The molecule has 96 valence electrons. The van der Waals surface area contributed by atoms with E-state index < -0.39 is 0 Å². The molecule has 1 aromatic carbocycles. The molecule has 4 heteroatoms. The van der Waals surface area contributed by atoms with E-state index in [1.54, 1.807) is 12.1 Å². The summed E-state index contributed by atoms with van der Waals surface area (Å²) in [5.74, 6) is -0.0210. The first-order valence-electron chi connectivity index (χ1n) is 6.02. The number of nitrogens with one attached hydrogen (secondary N) is 1. The second-order valence-electron chi connectivity index (χ2n) is 4.25. The molecule has 1 aliphatic heterocycles. The van der Waals surface area contributed by atoms with E-state index in [-0.39, 0.29) is 17.8 Å². The molecule has 1 heterocycles. The van der Waals surface area contributed by atoms with Gasteiger partial charge in [0.25, 0.3) is 0 Å². The van der Waals surface area contributed by atoms with Gasteiger partial charge in [0, 0.05) is 6.42 Å². The van der Waals surface area contributed by atoms with Crippen LogP contribution in [0.4, 0.5) is 4.39 Å². The first-order valence-corrected chi connectivity index (χ1v) is 6.02. The summed E-state index contributed by atoms with van der Waals surface area (Å²) < 4.78 is 19.1. The van der Waals surface area contributed by atoms with Gasteiger partial charge in [0.05, 0.1) is 18.2 Å². The summed E-state index contributed by atoms with van der Waals surface area (Å²) in [5.41, 5.74) is 1.15. The van der Waals surface area contributed by atoms with Gasteiger partial charge in [0.1, 0.15) is 11.6 Å². The molecule has 0 spiro atoms. The molecule has 1 saturated heterocycles. The van der Waals surface area contributed by atoms with Crippen molar-refractivity contribution < 1.29 is 13.9 Å². The lowest BCUT2D eigenvalue weighted by Gasteiger charge is -2.13. The van der Waals surface area contributed by atoms with Gasteiger partial charge in [-0.2, -0.15) is 0 Å². The van der Waals surface area contributed by atoms with Crippen molar-refractivity contribution in [2.24, 2.45) is 0 Å². The van der Waals surface area contributed by atoms with Crippen LogP contribution in [0, 0.1) is 5.82 Å². The van der Waals surface area contributed by atoms with Gasteiger partial charge in [-0.25, -0.2) is 4.39 Å². The minimum Gasteiger partial charge on any atom is -0.494 e. The van der Waals surface area contributed by atoms with Crippen molar-refractivity contribution in [2.75, 3.05) is 6.61 Å². The molecule has 1 aliphatic rings. The maximum atomic E-state index is 13.9. The van der Waals surface area contributed by atoms with E-state index in [2.05, 4.69) is 11.9 Å². The number of hydrogen-bond donors (Lipinski definition) is 1. The van der Waals surface area contributed by atoms with Crippen molar-refractivity contribution >= 4 is 11.7 Å². The molecule has 0 bridgehead atoms. The van der Waals surface area contributed by atoms with Crippen molar-refractivity contribution in [2.45, 2.75) is 25.8 Å². The topological polar surface area (TPSA) is 38.3 Å². The SMILES string of the molecule is C=C(OCC)c1ccc([C@@H]2CCC(=O)N2)cc1F. The Kier molecular flexibility index (Phi) is 3.65. The number of hydrogen-bond acceptors (Lipinski definition) is 2. The van der Waals surface area contributed by atoms with Crippen LogP contribution in [-0.4, -0.2) is 12.5 Å². The van der Waals surface area contributed by atoms with Gasteiger partial charge < -0.3 is 10.1 Å². The van der Waals surface area contributed by atoms with Crippen LogP contribution in [-0.2, 0) is 9.53 Å². The summed E-state index contributed by atoms with van der Waals surface area (Å²) in [4.78, 5) is 11.1. The van der Waals surface area contributed by atoms with E-state index >= 15 is 0 Å². The van der Waals surface area contributed by atoms with Gasteiger partial charge in [-0.05, 0) is 31.0 Å². The van der Waals surface area contributed by atoms with Crippen LogP contribution < -0.4 is 5.32 Å². The maximum Gasteiger partial charge on any atom is 0.220 e. The Labute approximate surface area is 106 Å². The number of halogens is 1. The quantitative estimate of drug-likeness (QED) is 0.833. The van der Waals surface area contributed by atoms with Crippen LogP contribution >= 0.6 is 0 Å². The summed E-state index contributed by atoms with van der Waals surface area (Å²) in [7, 11) is 0. The first-order chi connectivity index (χ1) is 8.61. The van der Waals surface area contributed by atoms with Crippen molar-refractivity contribution in [3.63, 3.8) is 0 Å². The van der Waals surface area contributed by atoms with E-state index in [0.717, 1.165) is 5.56 Å². The molecule has 18 heavy (non-hydrogen) atoms. The molecule has 0 unspecified atom stereocenters. The third kappa shape index (κ3) is 2.53. The van der Waals surface area contributed by atoms with E-state index in [1.165, 1.54) is 6.07 Å². The Morgan fingerprint density at radius 2 is 2.39 bits per heavy atom. The van der Waals surface area contributed by atoms with Crippen LogP contribution in [0.1, 0.15) is 36.9 Å². The van der Waals surface area contributed by atoms with Crippen LogP contribution in [0.2, 0.25) is 0 Å². The lowest BCUT2D eigenvalue weighted by Crippen LogP contribution is -2.18. The first kappa shape index (κ1) is 12.6. The molecule has 1 N–H and O–H groups in total. The molecule has 0 aromatic heterocycles. The highest BCUT2D eigenvalue weighted by Gasteiger charge is 2.23. The van der Waals surface area contributed by atoms with Gasteiger partial charge >= 0.3 is 0 Å². The highest BCUT2D eigenvalue weighted by molar-refractivity contribution is 5.78. The molecule has 1 atom stereocenters. The lowest BCUT2D eigenvalue weighted by atomic mass is 10.0. The van der Waals surface area contributed by atoms with Crippen LogP contribution in [0.3, 0.4) is 0 Å². The Balaban J connectivity index is 2.19. The van der Waals surface area contributed by atoms with E-state index in [1.807, 2.05) is 6.92 Å². The van der Waals surface area contributed by atoms with Crippen LogP contribution in [0.25, 0.3) is 5.76 Å². The molecule has 2 rings (SSSR count). The molecule has 1 amide bonds. The second-order valence-corrected chi connectivity index (χ2v) is 4.25. The third-order valence-corrected chi connectivity index (χ3v) is 3.01. The zero-order valence-corrected chi connectivity index (χ0v) is 10.3. The fraction of sp³-hybridized carbons (Fsp3) is 0.357. The molecule has 0 saturated carbocycles. The average molecular weight is 249 g/mol. The summed E-state index contributed by atoms with van der Waals surface area (Å²) in [6, 6.07) is 4.81. The van der Waals surface area contributed by atoms with Gasteiger partial charge in [0.15, 0.2) is 0 Å². The Bertz CT molecular complexity index is 485. The minimum absolute atomic E-state index is 0.0169. The van der Waals surface area contributed by atoms with E-state index in [4.69, 9.17) is 4.74 Å². The number of carbonyl (C=O) groups is 1. The predicted molar refractivity (Wildman–Crippen MR) is 67.2 cm³/mol. The summed E-state index contributed by atoms with van der Waals surface area (Å²) in [5, 5.41) is 2.81. The fourth-order valence-corrected chi connectivity index (χ4v) is 2.09. The third-order valence-electron chi connectivity index (χ3n) is 3.01. The average Bonchev–Trinajstić information content (AvgIpc) is 2.76. The van der Waals surface area contributed by atoms with Gasteiger partial charge in [-0.3, -0.25) is 4.79 Å². The molecule has 1 fully saturated rings. The zero-order chi connectivity index (χ0) is 13.1. The molecule has 3 nitrogen and oxygen atoms in total. The fourth-order valence-electron chi connectivity index (χ4n) is 2.09. The monoisotopic (exact) mass is 249 g/mol. The molecular weight excluding hydrogens is 233 g/mol. The Morgan fingerprint density at radius 3 is 2.94 bits per heavy atom. The van der Waals surface area contributed by atoms with Crippen LogP contribution in [0.15, 0.2) is 24.8 Å². The van der Waals surface area contributed by atoms with Gasteiger partial charge in [-0.15, -0.1) is 0 Å². The van der Waals surface area contributed by atoms with E-state index in [0.29, 0.717) is 30.8 Å². The largest absolute Gasteiger partial charge is 0.494 e. The van der Waals surface area contributed by atoms with E-state index in [9.17, 15) is 9.18 Å². The number of benzene rings is 1. The Morgan fingerprint density at radius 1 is 1.61 bits per heavy atom. The molecule has 0 radical (unpaired) electrons. The zero-order valence-electron chi connectivity index (χ0n) is 10.3. The van der Waals surface area contributed by atoms with Crippen molar-refractivity contribution in [1.29, 1.82) is 0 Å². The lowest BCUT2D eigenvalue weighted by molar-refractivity contribution is -0.119. The van der Waals surface area contributed by atoms with Crippen molar-refractivity contribution in [3.8, 4) is 0 Å². The predicted octanol–water partition coefficient (Wildman–Crippen LogP) is 2.78. The summed E-state index contributed by atoms with van der Waals surface area (Å²) >= 11 is 0. The molecular formula is C14H16FNO2. The molecule has 1 aromatic rings. The Hall–Kier alpha value is -1.84. The van der Waals surface area contributed by atoms with Crippen molar-refractivity contribution in [3.05, 3.63) is 41.7 Å². The highest BCUT2D eigenvalue weighted by atomic mass is 19.1. The van der Waals surface area contributed by atoms with Gasteiger partial charge in [-0.1, -0.05) is 12.6 Å². The number of carbonyl (C=O) groups excluding carboxylic acids is 1. The minimum atomic E-state index is -0.368. The smallest absolute Gasteiger partial charge is 0.220 e. The highest BCUT2D eigenvalue weighted by Crippen LogP contribution is 2.27. The second kappa shape index (κ2) is 5.21. The van der Waals surface area contributed by atoms with Crippen LogP contribution in [0.5, 0.6) is 0 Å². The number of rotatable bonds is 4. The maximum absolute atomic E-state index is 13.9. The van der Waals surface area contributed by atoms with Crippen molar-refractivity contribution in [1.82, 2.24) is 5.32 Å². The number of ether oxygens (including phenoxy) is 1. The standard InChI is InChI=1S/C14H16FNO2/c1-3-18-9(2)11-5-4-10(8-12(11)15)13-6-7-14(17)16-13/h4-5,8,13H,2-3,6-7H2,1H3,(H,16,17)/t13-/m0/s1. The van der Waals surface area contributed by atoms with Gasteiger partial charge in [0.2, 0.25) is 5.91 Å². The molecule has 0 aliphatic carbocycles. The summed E-state index contributed by atoms with van der Waals surface area (Å²) in [6.45, 7) is 5.96. The normalized spacial score (nSPS) is 18.6. The summed E-state index contributed by atoms with van der Waals surface area (Å²) in [6.07, 6.45) is 1.21.